The summed E-state index contributed by atoms with van der Waals surface area (Å²) in [5.41, 5.74) is 3.06. The Morgan fingerprint density at radius 1 is 1.11 bits per heavy atom. The third-order valence-electron chi connectivity index (χ3n) is 3.26. The zero-order valence-electron chi connectivity index (χ0n) is 10.6. The van der Waals surface area contributed by atoms with Crippen molar-refractivity contribution in [1.82, 2.24) is 0 Å². The monoisotopic (exact) mass is 256 g/mol. The van der Waals surface area contributed by atoms with Gasteiger partial charge < -0.3 is 14.6 Å². The van der Waals surface area contributed by atoms with Gasteiger partial charge in [-0.25, -0.2) is 0 Å². The molecule has 0 saturated heterocycles. The quantitative estimate of drug-likeness (QED) is 0.914. The molecule has 2 aromatic rings. The first-order valence-corrected chi connectivity index (χ1v) is 6.43. The van der Waals surface area contributed by atoms with Crippen LogP contribution >= 0.6 is 0 Å². The molecule has 0 aliphatic carbocycles. The van der Waals surface area contributed by atoms with Crippen molar-refractivity contribution in [2.75, 3.05) is 6.61 Å². The fourth-order valence-corrected chi connectivity index (χ4v) is 2.27. The fourth-order valence-electron chi connectivity index (χ4n) is 2.27. The third kappa shape index (κ3) is 2.56. The number of rotatable bonds is 4. The lowest BCUT2D eigenvalue weighted by Crippen LogP contribution is -1.99. The Hall–Kier alpha value is -2.00. The van der Waals surface area contributed by atoms with Crippen LogP contribution < -0.4 is 9.47 Å². The minimum Gasteiger partial charge on any atom is -0.493 e. The summed E-state index contributed by atoms with van der Waals surface area (Å²) < 4.78 is 11.4. The standard InChI is InChI=1S/C16H16O3/c17-10-13-8-15-14(6-7-18-15)16(9-13)19-11-12-4-2-1-3-5-12/h1-5,8-9,17H,6-7,10-11H2. The number of aliphatic hydroxyl groups excluding tert-OH is 1. The molecule has 19 heavy (non-hydrogen) atoms. The second-order valence-corrected chi connectivity index (χ2v) is 4.60. The predicted octanol–water partition coefficient (Wildman–Crippen LogP) is 2.69. The van der Waals surface area contributed by atoms with E-state index < -0.39 is 0 Å². The van der Waals surface area contributed by atoms with E-state index in [9.17, 15) is 5.11 Å². The van der Waals surface area contributed by atoms with Crippen LogP contribution in [0.5, 0.6) is 11.5 Å². The molecule has 2 aromatic carbocycles. The summed E-state index contributed by atoms with van der Waals surface area (Å²) in [6.07, 6.45) is 0.866. The summed E-state index contributed by atoms with van der Waals surface area (Å²) in [7, 11) is 0. The van der Waals surface area contributed by atoms with Crippen LogP contribution in [-0.4, -0.2) is 11.7 Å². The average molecular weight is 256 g/mol. The maximum absolute atomic E-state index is 9.27. The summed E-state index contributed by atoms with van der Waals surface area (Å²) in [6.45, 7) is 1.21. The molecule has 1 aliphatic rings. The van der Waals surface area contributed by atoms with Gasteiger partial charge in [0.2, 0.25) is 0 Å². The highest BCUT2D eigenvalue weighted by Crippen LogP contribution is 2.35. The number of hydrogen-bond acceptors (Lipinski definition) is 3. The predicted molar refractivity (Wildman–Crippen MR) is 72.3 cm³/mol. The van der Waals surface area contributed by atoms with Crippen LogP contribution in [0.2, 0.25) is 0 Å². The van der Waals surface area contributed by atoms with E-state index in [0.29, 0.717) is 13.2 Å². The third-order valence-corrected chi connectivity index (χ3v) is 3.26. The van der Waals surface area contributed by atoms with Crippen LogP contribution in [0.25, 0.3) is 0 Å². The molecule has 3 heteroatoms. The Morgan fingerprint density at radius 3 is 2.74 bits per heavy atom. The molecule has 0 radical (unpaired) electrons. The molecule has 3 rings (SSSR count). The summed E-state index contributed by atoms with van der Waals surface area (Å²) in [5, 5.41) is 9.27. The van der Waals surface area contributed by atoms with Crippen molar-refractivity contribution < 1.29 is 14.6 Å². The van der Waals surface area contributed by atoms with Gasteiger partial charge in [0.1, 0.15) is 18.1 Å². The molecule has 1 heterocycles. The van der Waals surface area contributed by atoms with Crippen molar-refractivity contribution in [3.63, 3.8) is 0 Å². The SMILES string of the molecule is OCc1cc2c(c(OCc3ccccc3)c1)CCO2. The smallest absolute Gasteiger partial charge is 0.127 e. The lowest BCUT2D eigenvalue weighted by atomic mass is 10.1. The summed E-state index contributed by atoms with van der Waals surface area (Å²) in [6, 6.07) is 13.8. The molecule has 1 N–H and O–H groups in total. The largest absolute Gasteiger partial charge is 0.493 e. The van der Waals surface area contributed by atoms with Crippen molar-refractivity contribution in [2.45, 2.75) is 19.6 Å². The van der Waals surface area contributed by atoms with E-state index in [2.05, 4.69) is 0 Å². The van der Waals surface area contributed by atoms with Crippen molar-refractivity contribution >= 4 is 0 Å². The highest BCUT2D eigenvalue weighted by atomic mass is 16.5. The van der Waals surface area contributed by atoms with Crippen LogP contribution in [0.15, 0.2) is 42.5 Å². The number of fused-ring (bicyclic) bond motifs is 1. The van der Waals surface area contributed by atoms with Crippen LogP contribution in [-0.2, 0) is 19.6 Å². The normalized spacial score (nSPS) is 12.9. The topological polar surface area (TPSA) is 38.7 Å². The van der Waals surface area contributed by atoms with E-state index in [1.54, 1.807) is 0 Å². The fraction of sp³-hybridized carbons (Fsp3) is 0.250. The molecule has 1 aliphatic heterocycles. The molecule has 0 aromatic heterocycles. The number of benzene rings is 2. The zero-order valence-corrected chi connectivity index (χ0v) is 10.6. The first-order valence-electron chi connectivity index (χ1n) is 6.43. The van der Waals surface area contributed by atoms with E-state index in [1.807, 2.05) is 42.5 Å². The van der Waals surface area contributed by atoms with Crippen LogP contribution in [0.3, 0.4) is 0 Å². The Morgan fingerprint density at radius 2 is 1.95 bits per heavy atom. The van der Waals surface area contributed by atoms with Gasteiger partial charge in [0.25, 0.3) is 0 Å². The maximum Gasteiger partial charge on any atom is 0.127 e. The number of ether oxygens (including phenoxy) is 2. The Bertz CT molecular complexity index is 564. The van der Waals surface area contributed by atoms with E-state index in [-0.39, 0.29) is 6.61 Å². The van der Waals surface area contributed by atoms with Crippen molar-refractivity contribution in [2.24, 2.45) is 0 Å². The molecular weight excluding hydrogens is 240 g/mol. The van der Waals surface area contributed by atoms with E-state index in [0.717, 1.165) is 34.6 Å². The van der Waals surface area contributed by atoms with Gasteiger partial charge in [0.15, 0.2) is 0 Å². The zero-order chi connectivity index (χ0) is 13.1. The van der Waals surface area contributed by atoms with Crippen molar-refractivity contribution in [1.29, 1.82) is 0 Å². The second-order valence-electron chi connectivity index (χ2n) is 4.60. The summed E-state index contributed by atoms with van der Waals surface area (Å²) in [5.74, 6) is 1.66. The molecular formula is C16H16O3. The van der Waals surface area contributed by atoms with Gasteiger partial charge in [0, 0.05) is 12.0 Å². The molecule has 0 fully saturated rings. The van der Waals surface area contributed by atoms with E-state index in [1.165, 1.54) is 0 Å². The van der Waals surface area contributed by atoms with Crippen LogP contribution in [0.1, 0.15) is 16.7 Å². The molecule has 0 saturated carbocycles. The van der Waals surface area contributed by atoms with E-state index >= 15 is 0 Å². The first kappa shape index (κ1) is 12.1. The lowest BCUT2D eigenvalue weighted by Gasteiger charge is -2.11. The summed E-state index contributed by atoms with van der Waals surface area (Å²) in [4.78, 5) is 0. The molecule has 3 nitrogen and oxygen atoms in total. The van der Waals surface area contributed by atoms with Crippen LogP contribution in [0, 0.1) is 0 Å². The highest BCUT2D eigenvalue weighted by Gasteiger charge is 2.18. The van der Waals surface area contributed by atoms with Gasteiger partial charge in [-0.1, -0.05) is 30.3 Å². The average Bonchev–Trinajstić information content (AvgIpc) is 2.94. The molecule has 0 unspecified atom stereocenters. The second kappa shape index (κ2) is 5.33. The molecule has 98 valence electrons. The minimum absolute atomic E-state index is 0.00165. The minimum atomic E-state index is -0.00165. The van der Waals surface area contributed by atoms with Gasteiger partial charge >= 0.3 is 0 Å². The molecule has 0 bridgehead atoms. The number of aliphatic hydroxyl groups is 1. The maximum atomic E-state index is 9.27. The molecule has 0 amide bonds. The number of hydrogen-bond donors (Lipinski definition) is 1. The highest BCUT2D eigenvalue weighted by molar-refractivity contribution is 5.50. The van der Waals surface area contributed by atoms with Gasteiger partial charge in [-0.05, 0) is 23.3 Å². The Kier molecular flexibility index (Phi) is 3.38. The van der Waals surface area contributed by atoms with Crippen molar-refractivity contribution in [3.8, 4) is 11.5 Å². The molecule has 0 spiro atoms. The summed E-state index contributed by atoms with van der Waals surface area (Å²) >= 11 is 0. The van der Waals surface area contributed by atoms with E-state index in [4.69, 9.17) is 9.47 Å². The Balaban J connectivity index is 1.82. The lowest BCUT2D eigenvalue weighted by molar-refractivity contribution is 0.276. The van der Waals surface area contributed by atoms with Gasteiger partial charge in [-0.3, -0.25) is 0 Å². The van der Waals surface area contributed by atoms with Crippen LogP contribution in [0.4, 0.5) is 0 Å². The Labute approximate surface area is 112 Å². The van der Waals surface area contributed by atoms with Gasteiger partial charge in [-0.2, -0.15) is 0 Å². The van der Waals surface area contributed by atoms with Crippen molar-refractivity contribution in [3.05, 3.63) is 59.2 Å². The first-order chi connectivity index (χ1) is 9.36. The van der Waals surface area contributed by atoms with Gasteiger partial charge in [0.05, 0.1) is 13.2 Å². The molecule has 0 atom stereocenters. The van der Waals surface area contributed by atoms with Gasteiger partial charge in [-0.15, -0.1) is 0 Å².